The molecule has 0 aliphatic rings. The van der Waals surface area contributed by atoms with Crippen LogP contribution in [0.3, 0.4) is 0 Å². The standard InChI is InChI=1S/C26H21N3/c1-4-18-8-6-9-19(16-18)25-17-23-21(12-14-27-26(23)28(25)3)20-10-7-11-24-22(20)13-15-29(24)5-2/h4-17H,1-2H2,3H3. The van der Waals surface area contributed by atoms with Crippen LogP contribution in [0.2, 0.25) is 0 Å². The van der Waals surface area contributed by atoms with Gasteiger partial charge < -0.3 is 9.13 Å². The van der Waals surface area contributed by atoms with Crippen molar-refractivity contribution in [1.29, 1.82) is 0 Å². The van der Waals surface area contributed by atoms with Crippen molar-refractivity contribution in [3.8, 4) is 22.4 Å². The molecule has 0 bridgehead atoms. The highest BCUT2D eigenvalue weighted by molar-refractivity contribution is 6.05. The van der Waals surface area contributed by atoms with Crippen LogP contribution < -0.4 is 0 Å². The van der Waals surface area contributed by atoms with Crippen molar-refractivity contribution in [2.24, 2.45) is 7.05 Å². The number of pyridine rings is 1. The normalized spacial score (nSPS) is 11.2. The first-order valence-corrected chi connectivity index (χ1v) is 9.61. The minimum absolute atomic E-state index is 0.974. The van der Waals surface area contributed by atoms with Crippen LogP contribution in [0.4, 0.5) is 0 Å². The summed E-state index contributed by atoms with van der Waals surface area (Å²) in [7, 11) is 2.07. The van der Waals surface area contributed by atoms with E-state index in [1.165, 1.54) is 16.5 Å². The summed E-state index contributed by atoms with van der Waals surface area (Å²) in [5.41, 5.74) is 7.91. The molecular weight excluding hydrogens is 354 g/mol. The average Bonchev–Trinajstić information content (AvgIpc) is 3.34. The maximum absolute atomic E-state index is 4.68. The number of rotatable bonds is 4. The van der Waals surface area contributed by atoms with Crippen molar-refractivity contribution in [3.05, 3.63) is 91.8 Å². The second kappa shape index (κ2) is 6.64. The lowest BCUT2D eigenvalue weighted by Crippen LogP contribution is -1.93. The molecule has 0 radical (unpaired) electrons. The van der Waals surface area contributed by atoms with Gasteiger partial charge in [0.05, 0.1) is 11.2 Å². The first-order chi connectivity index (χ1) is 14.2. The lowest BCUT2D eigenvalue weighted by molar-refractivity contribution is 0.957. The Balaban J connectivity index is 1.78. The maximum atomic E-state index is 4.68. The van der Waals surface area contributed by atoms with Gasteiger partial charge in [0.2, 0.25) is 0 Å². The minimum atomic E-state index is 0.974. The Morgan fingerprint density at radius 3 is 2.55 bits per heavy atom. The van der Waals surface area contributed by atoms with Gasteiger partial charge in [0, 0.05) is 36.4 Å². The van der Waals surface area contributed by atoms with Crippen LogP contribution in [0.5, 0.6) is 0 Å². The van der Waals surface area contributed by atoms with Crippen molar-refractivity contribution < 1.29 is 0 Å². The Bertz CT molecular complexity index is 1400. The third-order valence-electron chi connectivity index (χ3n) is 5.60. The number of nitrogens with zero attached hydrogens (tertiary/aromatic N) is 3. The highest BCUT2D eigenvalue weighted by Gasteiger charge is 2.15. The summed E-state index contributed by atoms with van der Waals surface area (Å²) in [5, 5.41) is 2.35. The van der Waals surface area contributed by atoms with E-state index in [4.69, 9.17) is 0 Å². The minimum Gasteiger partial charge on any atom is -0.328 e. The SMILES string of the molecule is C=Cc1cccc(-c2cc3c(-c4cccc5c4ccn5C=C)ccnc3n2C)c1. The van der Waals surface area contributed by atoms with Gasteiger partial charge in [-0.3, -0.25) is 0 Å². The molecule has 0 N–H and O–H groups in total. The average molecular weight is 375 g/mol. The van der Waals surface area contributed by atoms with E-state index in [1.807, 2.05) is 18.5 Å². The van der Waals surface area contributed by atoms with E-state index in [0.717, 1.165) is 33.4 Å². The van der Waals surface area contributed by atoms with Gasteiger partial charge in [0.1, 0.15) is 5.65 Å². The van der Waals surface area contributed by atoms with Gasteiger partial charge in [-0.2, -0.15) is 0 Å². The van der Waals surface area contributed by atoms with Crippen LogP contribution >= 0.6 is 0 Å². The molecule has 0 spiro atoms. The number of hydrogen-bond donors (Lipinski definition) is 0. The summed E-state index contributed by atoms with van der Waals surface area (Å²) in [6, 6.07) is 21.3. The molecule has 0 saturated heterocycles. The Morgan fingerprint density at radius 2 is 1.72 bits per heavy atom. The highest BCUT2D eigenvalue weighted by Crippen LogP contribution is 2.36. The molecule has 29 heavy (non-hydrogen) atoms. The second-order valence-corrected chi connectivity index (χ2v) is 7.16. The van der Waals surface area contributed by atoms with E-state index in [9.17, 15) is 0 Å². The van der Waals surface area contributed by atoms with Gasteiger partial charge >= 0.3 is 0 Å². The van der Waals surface area contributed by atoms with Gasteiger partial charge in [-0.15, -0.1) is 0 Å². The Morgan fingerprint density at radius 1 is 0.897 bits per heavy atom. The zero-order valence-corrected chi connectivity index (χ0v) is 16.3. The van der Waals surface area contributed by atoms with Gasteiger partial charge in [0.15, 0.2) is 0 Å². The fourth-order valence-electron chi connectivity index (χ4n) is 4.14. The molecule has 0 amide bonds. The van der Waals surface area contributed by atoms with E-state index < -0.39 is 0 Å². The summed E-state index contributed by atoms with van der Waals surface area (Å²) >= 11 is 0. The predicted molar refractivity (Wildman–Crippen MR) is 124 cm³/mol. The molecule has 0 aliphatic heterocycles. The molecule has 0 unspecified atom stereocenters. The molecule has 140 valence electrons. The Labute approximate surface area is 169 Å². The summed E-state index contributed by atoms with van der Waals surface area (Å²) < 4.78 is 4.21. The predicted octanol–water partition coefficient (Wildman–Crippen LogP) is 6.61. The molecular formula is C26H21N3. The maximum Gasteiger partial charge on any atom is 0.140 e. The molecule has 5 rings (SSSR count). The van der Waals surface area contributed by atoms with E-state index >= 15 is 0 Å². The summed E-state index contributed by atoms with van der Waals surface area (Å²) in [6.07, 6.45) is 7.66. The van der Waals surface area contributed by atoms with Crippen LogP contribution in [0, 0.1) is 0 Å². The number of hydrogen-bond acceptors (Lipinski definition) is 1. The Hall–Kier alpha value is -3.85. The van der Waals surface area contributed by atoms with Crippen LogP contribution in [0.25, 0.3) is 56.6 Å². The fourth-order valence-corrected chi connectivity index (χ4v) is 4.14. The van der Waals surface area contributed by atoms with E-state index in [2.05, 4.69) is 101 Å². The van der Waals surface area contributed by atoms with Crippen molar-refractivity contribution in [3.63, 3.8) is 0 Å². The van der Waals surface area contributed by atoms with Crippen LogP contribution in [0.15, 0.2) is 86.2 Å². The zero-order valence-electron chi connectivity index (χ0n) is 16.3. The third-order valence-corrected chi connectivity index (χ3v) is 5.60. The third kappa shape index (κ3) is 2.63. The fraction of sp³-hybridized carbons (Fsp3) is 0.0385. The van der Waals surface area contributed by atoms with Crippen molar-refractivity contribution in [2.45, 2.75) is 0 Å². The van der Waals surface area contributed by atoms with E-state index in [-0.39, 0.29) is 0 Å². The Kier molecular flexibility index (Phi) is 3.95. The molecule has 0 fully saturated rings. The molecule has 0 aliphatic carbocycles. The van der Waals surface area contributed by atoms with Gasteiger partial charge in [-0.05, 0) is 52.6 Å². The highest BCUT2D eigenvalue weighted by atomic mass is 15.0. The number of fused-ring (bicyclic) bond motifs is 2. The van der Waals surface area contributed by atoms with Crippen molar-refractivity contribution >= 4 is 34.2 Å². The molecule has 3 nitrogen and oxygen atoms in total. The van der Waals surface area contributed by atoms with Crippen LogP contribution in [-0.2, 0) is 7.05 Å². The second-order valence-electron chi connectivity index (χ2n) is 7.16. The zero-order chi connectivity index (χ0) is 20.0. The summed E-state index contributed by atoms with van der Waals surface area (Å²) in [4.78, 5) is 4.68. The largest absolute Gasteiger partial charge is 0.328 e. The number of benzene rings is 2. The van der Waals surface area contributed by atoms with Crippen LogP contribution in [0.1, 0.15) is 5.56 Å². The van der Waals surface area contributed by atoms with Crippen LogP contribution in [-0.4, -0.2) is 14.1 Å². The summed E-state index contributed by atoms with van der Waals surface area (Å²) in [6.45, 7) is 7.81. The van der Waals surface area contributed by atoms with Gasteiger partial charge in [-0.25, -0.2) is 4.98 Å². The summed E-state index contributed by atoms with van der Waals surface area (Å²) in [5.74, 6) is 0. The lowest BCUT2D eigenvalue weighted by atomic mass is 9.99. The smallest absolute Gasteiger partial charge is 0.140 e. The first-order valence-electron chi connectivity index (χ1n) is 9.61. The van der Waals surface area contributed by atoms with Crippen molar-refractivity contribution in [1.82, 2.24) is 14.1 Å². The van der Waals surface area contributed by atoms with Gasteiger partial charge in [0.25, 0.3) is 0 Å². The molecule has 3 aromatic heterocycles. The van der Waals surface area contributed by atoms with Gasteiger partial charge in [-0.1, -0.05) is 49.6 Å². The molecule has 0 atom stereocenters. The molecule has 3 heterocycles. The first kappa shape index (κ1) is 17.3. The number of aromatic nitrogens is 3. The molecule has 2 aromatic carbocycles. The number of aryl methyl sites for hydroxylation is 1. The van der Waals surface area contributed by atoms with E-state index in [0.29, 0.717) is 0 Å². The van der Waals surface area contributed by atoms with E-state index in [1.54, 1.807) is 0 Å². The monoisotopic (exact) mass is 375 g/mol. The molecule has 0 saturated carbocycles. The topological polar surface area (TPSA) is 22.8 Å². The van der Waals surface area contributed by atoms with Crippen molar-refractivity contribution in [2.75, 3.05) is 0 Å². The molecule has 3 heteroatoms. The molecule has 5 aromatic rings. The quantitative estimate of drug-likeness (QED) is 0.347. The lowest BCUT2D eigenvalue weighted by Gasteiger charge is -2.07.